The Kier molecular flexibility index (Phi) is 11.4. The number of carbonyl (C=O) groups is 7. The van der Waals surface area contributed by atoms with Crippen molar-refractivity contribution in [3.63, 3.8) is 0 Å². The first-order valence-corrected chi connectivity index (χ1v) is 12.2. The van der Waals surface area contributed by atoms with Gasteiger partial charge in [0.1, 0.15) is 30.1 Å². The number of benzene rings is 1. The van der Waals surface area contributed by atoms with Gasteiger partial charge in [-0.15, -0.1) is 0 Å². The summed E-state index contributed by atoms with van der Waals surface area (Å²) in [6.45, 7) is 5.50. The van der Waals surface area contributed by atoms with Gasteiger partial charge in [0.15, 0.2) is 29.8 Å². The highest BCUT2D eigenvalue weighted by molar-refractivity contribution is 5.94. The third-order valence-corrected chi connectivity index (χ3v) is 5.44. The summed E-state index contributed by atoms with van der Waals surface area (Å²) in [5, 5.41) is 9.93. The van der Waals surface area contributed by atoms with Crippen LogP contribution in [-0.2, 0) is 52.5 Å². The van der Waals surface area contributed by atoms with E-state index in [1.165, 1.54) is 0 Å². The molecule has 0 aromatic heterocycles. The molecule has 0 amide bonds. The second-order valence-electron chi connectivity index (χ2n) is 8.81. The number of hydrogen-bond acceptors (Lipinski definition) is 15. The molecule has 1 aliphatic heterocycles. The standard InChI is InChI=1S/C26H30O16/c1-10(27)36-9-18-22(39-13(4)30)24(40-14(5)31)25(41-15(6)32)23(42-18)19-20(35-7)16(26(33)34)8-17(37-11(2)28)21(19)38-12(3)29/h8,18,22-25H,9H2,1-7H3,(H,33,34). The minimum atomic E-state index is -1.75. The maximum absolute atomic E-state index is 12.3. The van der Waals surface area contributed by atoms with Crippen molar-refractivity contribution in [2.45, 2.75) is 72.1 Å². The van der Waals surface area contributed by atoms with Crippen LogP contribution in [0.4, 0.5) is 0 Å². The zero-order valence-corrected chi connectivity index (χ0v) is 23.7. The van der Waals surface area contributed by atoms with Crippen LogP contribution in [0.25, 0.3) is 0 Å². The predicted octanol–water partition coefficient (Wildman–Crippen LogP) is 1.04. The van der Waals surface area contributed by atoms with Crippen molar-refractivity contribution in [2.75, 3.05) is 13.7 Å². The van der Waals surface area contributed by atoms with Crippen molar-refractivity contribution in [3.05, 3.63) is 17.2 Å². The van der Waals surface area contributed by atoms with Gasteiger partial charge in [0.2, 0.25) is 0 Å². The monoisotopic (exact) mass is 598 g/mol. The van der Waals surface area contributed by atoms with Crippen LogP contribution in [0.3, 0.4) is 0 Å². The molecule has 1 saturated heterocycles. The first kappa shape index (κ1) is 33.5. The lowest BCUT2D eigenvalue weighted by molar-refractivity contribution is -0.254. The molecule has 1 N–H and O–H groups in total. The average Bonchev–Trinajstić information content (AvgIpc) is 2.84. The molecule has 0 radical (unpaired) electrons. The van der Waals surface area contributed by atoms with Crippen molar-refractivity contribution < 1.29 is 76.6 Å². The van der Waals surface area contributed by atoms with E-state index in [4.69, 9.17) is 37.9 Å². The van der Waals surface area contributed by atoms with E-state index in [-0.39, 0.29) is 0 Å². The Morgan fingerprint density at radius 1 is 0.714 bits per heavy atom. The molecule has 1 aromatic rings. The highest BCUT2D eigenvalue weighted by Gasteiger charge is 2.54. The largest absolute Gasteiger partial charge is 0.495 e. The quantitative estimate of drug-likeness (QED) is 0.226. The third-order valence-electron chi connectivity index (χ3n) is 5.44. The minimum absolute atomic E-state index is 0.429. The molecular formula is C26H30O16. The highest BCUT2D eigenvalue weighted by Crippen LogP contribution is 2.50. The Balaban J connectivity index is 3.04. The molecule has 0 saturated carbocycles. The first-order chi connectivity index (χ1) is 19.6. The van der Waals surface area contributed by atoms with Gasteiger partial charge in [-0.1, -0.05) is 0 Å². The van der Waals surface area contributed by atoms with E-state index in [2.05, 4.69) is 0 Å². The van der Waals surface area contributed by atoms with Crippen molar-refractivity contribution in [1.29, 1.82) is 0 Å². The molecule has 0 bridgehead atoms. The number of carboxylic acids is 1. The van der Waals surface area contributed by atoms with Crippen LogP contribution < -0.4 is 14.2 Å². The van der Waals surface area contributed by atoms with Crippen molar-refractivity contribution >= 4 is 41.8 Å². The lowest BCUT2D eigenvalue weighted by Crippen LogP contribution is -2.59. The van der Waals surface area contributed by atoms with Crippen molar-refractivity contribution in [2.24, 2.45) is 0 Å². The van der Waals surface area contributed by atoms with Crippen molar-refractivity contribution in [3.8, 4) is 17.2 Å². The summed E-state index contributed by atoms with van der Waals surface area (Å²) in [7, 11) is 1.07. The summed E-state index contributed by atoms with van der Waals surface area (Å²) >= 11 is 0. The smallest absolute Gasteiger partial charge is 0.339 e. The molecule has 2 rings (SSSR count). The summed E-state index contributed by atoms with van der Waals surface area (Å²) in [5.74, 6) is -8.61. The first-order valence-electron chi connectivity index (χ1n) is 12.2. The molecule has 0 spiro atoms. The molecular weight excluding hydrogens is 568 g/mol. The summed E-state index contributed by atoms with van der Waals surface area (Å²) in [6.07, 6.45) is -8.12. The van der Waals surface area contributed by atoms with E-state index < -0.39 is 107 Å². The molecule has 1 aliphatic rings. The molecule has 5 unspecified atom stereocenters. The van der Waals surface area contributed by atoms with Crippen LogP contribution in [0.2, 0.25) is 0 Å². The normalized spacial score (nSPS) is 21.3. The molecule has 5 atom stereocenters. The Hall–Kier alpha value is -4.73. The number of methoxy groups -OCH3 is 1. The molecule has 1 heterocycles. The molecule has 16 heteroatoms. The van der Waals surface area contributed by atoms with E-state index in [1.54, 1.807) is 0 Å². The minimum Gasteiger partial charge on any atom is -0.495 e. The number of hydrogen-bond donors (Lipinski definition) is 1. The van der Waals surface area contributed by atoms with Gasteiger partial charge in [0.05, 0.1) is 12.7 Å². The van der Waals surface area contributed by atoms with Crippen LogP contribution >= 0.6 is 0 Å². The number of carboxylic acid groups (broad SMARTS) is 1. The topological polar surface area (TPSA) is 214 Å². The second kappa shape index (κ2) is 14.2. The van der Waals surface area contributed by atoms with Crippen LogP contribution in [0.5, 0.6) is 17.2 Å². The van der Waals surface area contributed by atoms with Gasteiger partial charge in [0.25, 0.3) is 0 Å². The number of carbonyl (C=O) groups excluding carboxylic acids is 6. The Morgan fingerprint density at radius 2 is 1.24 bits per heavy atom. The molecule has 230 valence electrons. The van der Waals surface area contributed by atoms with Gasteiger partial charge in [-0.2, -0.15) is 0 Å². The van der Waals surface area contributed by atoms with E-state index in [0.717, 1.165) is 54.7 Å². The SMILES string of the molecule is COc1c(C(=O)O)cc(OC(C)=O)c(OC(C)=O)c1C1OC(COC(C)=O)C(OC(C)=O)C(OC(C)=O)C1OC(C)=O. The highest BCUT2D eigenvalue weighted by atomic mass is 16.7. The summed E-state index contributed by atoms with van der Waals surface area (Å²) in [5.41, 5.74) is -1.03. The lowest BCUT2D eigenvalue weighted by Gasteiger charge is -2.45. The van der Waals surface area contributed by atoms with Gasteiger partial charge < -0.3 is 43.0 Å². The lowest BCUT2D eigenvalue weighted by atomic mass is 9.88. The fourth-order valence-corrected chi connectivity index (χ4v) is 4.22. The van der Waals surface area contributed by atoms with Crippen LogP contribution in [0.1, 0.15) is 63.6 Å². The molecule has 0 aliphatic carbocycles. The van der Waals surface area contributed by atoms with Gasteiger partial charge >= 0.3 is 41.8 Å². The Bertz CT molecular complexity index is 1270. The van der Waals surface area contributed by atoms with Gasteiger partial charge in [-0.3, -0.25) is 28.8 Å². The van der Waals surface area contributed by atoms with E-state index >= 15 is 0 Å². The second-order valence-corrected chi connectivity index (χ2v) is 8.81. The summed E-state index contributed by atoms with van der Waals surface area (Å²) in [4.78, 5) is 84.4. The Morgan fingerprint density at radius 3 is 1.69 bits per heavy atom. The third kappa shape index (κ3) is 8.39. The van der Waals surface area contributed by atoms with Gasteiger partial charge in [-0.05, 0) is 0 Å². The maximum atomic E-state index is 12.3. The maximum Gasteiger partial charge on any atom is 0.339 e. The molecule has 1 fully saturated rings. The predicted molar refractivity (Wildman–Crippen MR) is 133 cm³/mol. The number of ether oxygens (including phenoxy) is 8. The molecule has 42 heavy (non-hydrogen) atoms. The summed E-state index contributed by atoms with van der Waals surface area (Å²) < 4.78 is 43.1. The Labute approximate surface area is 239 Å². The van der Waals surface area contributed by atoms with Crippen LogP contribution in [-0.4, -0.2) is 85.0 Å². The van der Waals surface area contributed by atoms with E-state index in [1.807, 2.05) is 0 Å². The summed E-state index contributed by atoms with van der Waals surface area (Å²) in [6, 6.07) is 0.857. The van der Waals surface area contributed by atoms with E-state index in [9.17, 15) is 38.7 Å². The molecule has 1 aromatic carbocycles. The molecule has 16 nitrogen and oxygen atoms in total. The van der Waals surface area contributed by atoms with Crippen LogP contribution in [0, 0.1) is 0 Å². The average molecular weight is 599 g/mol. The van der Waals surface area contributed by atoms with Gasteiger partial charge in [-0.25, -0.2) is 4.79 Å². The number of esters is 6. The van der Waals surface area contributed by atoms with Gasteiger partial charge in [0, 0.05) is 47.6 Å². The van der Waals surface area contributed by atoms with E-state index in [0.29, 0.717) is 0 Å². The number of aromatic carboxylic acids is 1. The fourth-order valence-electron chi connectivity index (χ4n) is 4.22. The zero-order chi connectivity index (χ0) is 31.9. The van der Waals surface area contributed by atoms with Crippen LogP contribution in [0.15, 0.2) is 6.07 Å². The number of rotatable bonds is 10. The fraction of sp³-hybridized carbons (Fsp3) is 0.500. The zero-order valence-electron chi connectivity index (χ0n) is 23.7. The van der Waals surface area contributed by atoms with Crippen molar-refractivity contribution in [1.82, 2.24) is 0 Å².